The Labute approximate surface area is 199 Å². The second kappa shape index (κ2) is 9.38. The van der Waals surface area contributed by atoms with E-state index in [1.807, 2.05) is 6.92 Å². The van der Waals surface area contributed by atoms with E-state index in [1.54, 1.807) is 53.1 Å². The molecule has 7 nitrogen and oxygen atoms in total. The summed E-state index contributed by atoms with van der Waals surface area (Å²) in [4.78, 5) is 24.9. The molecule has 1 amide bonds. The maximum atomic E-state index is 13.3. The third-order valence-corrected chi connectivity index (χ3v) is 7.98. The molecule has 1 heterocycles. The summed E-state index contributed by atoms with van der Waals surface area (Å²) >= 11 is 7.00. The molecule has 0 fully saturated rings. The number of nitrogens with one attached hydrogen (secondary N) is 1. The van der Waals surface area contributed by atoms with Gasteiger partial charge in [0.05, 0.1) is 20.8 Å². The van der Waals surface area contributed by atoms with Crippen molar-refractivity contribution in [2.45, 2.75) is 18.4 Å². The maximum Gasteiger partial charge on any atom is 0.308 e. The highest BCUT2D eigenvalue weighted by Gasteiger charge is 2.27. The van der Waals surface area contributed by atoms with Crippen molar-refractivity contribution in [2.24, 2.45) is 0 Å². The fourth-order valence-corrected chi connectivity index (χ4v) is 5.96. The number of hydrogen-bond donors (Lipinski definition) is 1. The summed E-state index contributed by atoms with van der Waals surface area (Å²) in [5.41, 5.74) is 1.63. The second-order valence-electron chi connectivity index (χ2n) is 7.14. The lowest BCUT2D eigenvalue weighted by Crippen LogP contribution is -2.38. The fraction of sp³-hybridized carbons (Fsp3) is 0.130. The molecule has 33 heavy (non-hydrogen) atoms. The van der Waals surface area contributed by atoms with Crippen LogP contribution in [0.3, 0.4) is 0 Å². The van der Waals surface area contributed by atoms with Crippen LogP contribution in [0.15, 0.2) is 82.5 Å². The van der Waals surface area contributed by atoms with Gasteiger partial charge in [-0.25, -0.2) is 8.42 Å². The van der Waals surface area contributed by atoms with Gasteiger partial charge in [-0.2, -0.15) is 0 Å². The Morgan fingerprint density at radius 2 is 1.76 bits per heavy atom. The number of anilines is 2. The number of nitrogens with zero attached hydrogens (tertiary/aromatic N) is 2. The van der Waals surface area contributed by atoms with Crippen molar-refractivity contribution in [3.8, 4) is 0 Å². The number of para-hydroxylation sites is 1. The van der Waals surface area contributed by atoms with Gasteiger partial charge >= 0.3 is 4.87 Å². The van der Waals surface area contributed by atoms with Crippen molar-refractivity contribution < 1.29 is 13.2 Å². The normalized spacial score (nSPS) is 11.5. The first kappa shape index (κ1) is 23.0. The summed E-state index contributed by atoms with van der Waals surface area (Å²) in [6.07, 6.45) is 0. The zero-order chi connectivity index (χ0) is 23.6. The number of aryl methyl sites for hydroxylation is 1. The average molecular weight is 502 g/mol. The molecule has 170 valence electrons. The Bertz CT molecular complexity index is 1460. The Morgan fingerprint density at radius 1 is 1.06 bits per heavy atom. The smallest absolute Gasteiger partial charge is 0.308 e. The van der Waals surface area contributed by atoms with Gasteiger partial charge in [-0.15, -0.1) is 0 Å². The van der Waals surface area contributed by atoms with Gasteiger partial charge in [0.1, 0.15) is 6.54 Å². The summed E-state index contributed by atoms with van der Waals surface area (Å²) in [5, 5.41) is 3.15. The maximum absolute atomic E-state index is 13.3. The van der Waals surface area contributed by atoms with Crippen molar-refractivity contribution in [3.05, 3.63) is 87.5 Å². The minimum Gasteiger partial charge on any atom is -0.324 e. The third-order valence-electron chi connectivity index (χ3n) is 5.00. The molecule has 4 rings (SSSR count). The zero-order valence-electron chi connectivity index (χ0n) is 17.6. The molecule has 0 aliphatic carbocycles. The number of halogens is 1. The largest absolute Gasteiger partial charge is 0.324 e. The number of thiazole rings is 1. The number of aromatic nitrogens is 1. The molecular weight excluding hydrogens is 482 g/mol. The molecule has 0 saturated heterocycles. The topological polar surface area (TPSA) is 88.5 Å². The van der Waals surface area contributed by atoms with Crippen LogP contribution >= 0.6 is 22.9 Å². The Balaban J connectivity index is 1.62. The number of amides is 1. The number of carbonyl (C=O) groups is 1. The van der Waals surface area contributed by atoms with Gasteiger partial charge in [0.25, 0.3) is 10.0 Å². The average Bonchev–Trinajstić information content (AvgIpc) is 3.12. The van der Waals surface area contributed by atoms with Crippen LogP contribution in [-0.4, -0.2) is 25.4 Å². The van der Waals surface area contributed by atoms with Crippen LogP contribution in [0.1, 0.15) is 6.92 Å². The molecule has 0 aliphatic heterocycles. The van der Waals surface area contributed by atoms with Crippen molar-refractivity contribution >= 4 is 60.5 Å². The molecule has 0 aliphatic rings. The predicted molar refractivity (Wildman–Crippen MR) is 133 cm³/mol. The SMILES string of the molecule is CCn1c(=O)sc2cc(NC(=O)CN(c3ccccc3)S(=O)(=O)c3ccc(Cl)cc3)ccc21. The van der Waals surface area contributed by atoms with E-state index in [9.17, 15) is 18.0 Å². The van der Waals surface area contributed by atoms with Crippen molar-refractivity contribution in [1.82, 2.24) is 4.57 Å². The van der Waals surface area contributed by atoms with Crippen LogP contribution in [-0.2, 0) is 21.4 Å². The number of carbonyl (C=O) groups excluding carboxylic acids is 1. The van der Waals surface area contributed by atoms with Gasteiger partial charge in [0.15, 0.2) is 0 Å². The van der Waals surface area contributed by atoms with Crippen molar-refractivity contribution in [1.29, 1.82) is 0 Å². The predicted octanol–water partition coefficient (Wildman–Crippen LogP) is 4.57. The molecular formula is C23H20ClN3O4S2. The first-order valence-corrected chi connectivity index (χ1v) is 12.7. The minimum absolute atomic E-state index is 0.0238. The molecule has 0 saturated carbocycles. The Morgan fingerprint density at radius 3 is 2.42 bits per heavy atom. The van der Waals surface area contributed by atoms with Crippen molar-refractivity contribution in [2.75, 3.05) is 16.2 Å². The summed E-state index contributed by atoms with van der Waals surface area (Å²) in [7, 11) is -4.03. The lowest BCUT2D eigenvalue weighted by molar-refractivity contribution is -0.114. The van der Waals surface area contributed by atoms with E-state index in [2.05, 4.69) is 5.32 Å². The molecule has 1 N–H and O–H groups in total. The fourth-order valence-electron chi connectivity index (χ4n) is 3.42. The van der Waals surface area contributed by atoms with E-state index in [0.717, 1.165) is 25.9 Å². The summed E-state index contributed by atoms with van der Waals surface area (Å²) in [5.74, 6) is -0.516. The molecule has 0 unspecified atom stereocenters. The Kier molecular flexibility index (Phi) is 6.55. The molecule has 10 heteroatoms. The first-order valence-electron chi connectivity index (χ1n) is 10.1. The standard InChI is InChI=1S/C23H20ClN3O4S2/c1-2-26-20-13-10-17(14-21(20)32-23(26)29)25-22(28)15-27(18-6-4-3-5-7-18)33(30,31)19-11-8-16(24)9-12-19/h3-14H,2,15H2,1H3,(H,25,28). The molecule has 3 aromatic carbocycles. The van der Waals surface area contributed by atoms with E-state index in [1.165, 1.54) is 24.3 Å². The van der Waals surface area contributed by atoms with Crippen LogP contribution in [0.5, 0.6) is 0 Å². The second-order valence-corrected chi connectivity index (χ2v) is 10.4. The van der Waals surface area contributed by atoms with Crippen LogP contribution in [0.25, 0.3) is 10.2 Å². The number of benzene rings is 3. The van der Waals surface area contributed by atoms with Crippen LogP contribution < -0.4 is 14.5 Å². The number of sulfonamides is 1. The van der Waals surface area contributed by atoms with Crippen LogP contribution in [0, 0.1) is 0 Å². The molecule has 0 bridgehead atoms. The summed E-state index contributed by atoms with van der Waals surface area (Å²) < 4.78 is 30.1. The van der Waals surface area contributed by atoms with Crippen LogP contribution in [0.4, 0.5) is 11.4 Å². The molecule has 0 atom stereocenters. The van der Waals surface area contributed by atoms with Crippen molar-refractivity contribution in [3.63, 3.8) is 0 Å². The number of fused-ring (bicyclic) bond motifs is 1. The third kappa shape index (κ3) is 4.80. The van der Waals surface area contributed by atoms with E-state index >= 15 is 0 Å². The lowest BCUT2D eigenvalue weighted by Gasteiger charge is -2.24. The quantitative estimate of drug-likeness (QED) is 0.401. The molecule has 0 spiro atoms. The molecule has 4 aromatic rings. The number of hydrogen-bond acceptors (Lipinski definition) is 5. The van der Waals surface area contributed by atoms with Gasteiger partial charge in [-0.3, -0.25) is 18.5 Å². The Hall–Kier alpha value is -3.14. The highest BCUT2D eigenvalue weighted by atomic mass is 35.5. The highest BCUT2D eigenvalue weighted by molar-refractivity contribution is 7.92. The summed E-state index contributed by atoms with van der Waals surface area (Å²) in [6, 6.07) is 19.4. The molecule has 0 radical (unpaired) electrons. The van der Waals surface area contributed by atoms with Gasteiger partial charge < -0.3 is 5.32 Å². The van der Waals surface area contributed by atoms with E-state index in [4.69, 9.17) is 11.6 Å². The zero-order valence-corrected chi connectivity index (χ0v) is 20.0. The van der Waals surface area contributed by atoms with Crippen LogP contribution in [0.2, 0.25) is 5.02 Å². The van der Waals surface area contributed by atoms with E-state index in [-0.39, 0.29) is 9.77 Å². The van der Waals surface area contributed by atoms with Gasteiger partial charge in [0.2, 0.25) is 5.91 Å². The van der Waals surface area contributed by atoms with Gasteiger partial charge in [0, 0.05) is 17.3 Å². The summed E-state index contributed by atoms with van der Waals surface area (Å²) in [6.45, 7) is 2.01. The first-order chi connectivity index (χ1) is 15.8. The highest BCUT2D eigenvalue weighted by Crippen LogP contribution is 2.25. The van der Waals surface area contributed by atoms with Gasteiger partial charge in [-0.05, 0) is 61.5 Å². The minimum atomic E-state index is -4.03. The van der Waals surface area contributed by atoms with E-state index < -0.39 is 22.5 Å². The lowest BCUT2D eigenvalue weighted by atomic mass is 10.3. The van der Waals surface area contributed by atoms with E-state index in [0.29, 0.717) is 22.9 Å². The number of rotatable bonds is 7. The molecule has 1 aromatic heterocycles. The monoisotopic (exact) mass is 501 g/mol. The van der Waals surface area contributed by atoms with Gasteiger partial charge in [-0.1, -0.05) is 41.1 Å².